The van der Waals surface area contributed by atoms with Crippen LogP contribution in [0.1, 0.15) is 49.6 Å². The van der Waals surface area contributed by atoms with E-state index in [0.29, 0.717) is 51.6 Å². The summed E-state index contributed by atoms with van der Waals surface area (Å²) in [6, 6.07) is 22.0. The minimum absolute atomic E-state index is 0.190. The van der Waals surface area contributed by atoms with Gasteiger partial charge in [-0.1, -0.05) is 18.2 Å². The molecule has 3 aromatic carbocycles. The van der Waals surface area contributed by atoms with Gasteiger partial charge in [0.1, 0.15) is 5.69 Å². The minimum Gasteiger partial charge on any atom is -0.393 e. The molecule has 4 aromatic rings. The summed E-state index contributed by atoms with van der Waals surface area (Å²) in [5.41, 5.74) is 3.71. The topological polar surface area (TPSA) is 104 Å². The van der Waals surface area contributed by atoms with Crippen molar-refractivity contribution in [3.8, 4) is 0 Å². The SMILES string of the molecule is C=Cn1cccc1C(=O)Nc1ccc(C(=O)c2ccc(NC(=O)c3ccc(N4CCC(O)CC4)cc3Cl)cc2)cc1. The van der Waals surface area contributed by atoms with Crippen molar-refractivity contribution in [3.05, 3.63) is 119 Å². The molecule has 3 N–H and O–H groups in total. The first kappa shape index (κ1) is 27.9. The van der Waals surface area contributed by atoms with Crippen molar-refractivity contribution in [2.75, 3.05) is 28.6 Å². The number of ketones is 1. The van der Waals surface area contributed by atoms with Crippen LogP contribution in [0.2, 0.25) is 5.02 Å². The molecule has 2 heterocycles. The number of aliphatic hydroxyl groups is 1. The Kier molecular flexibility index (Phi) is 8.33. The highest BCUT2D eigenvalue weighted by Gasteiger charge is 2.19. The van der Waals surface area contributed by atoms with E-state index in [9.17, 15) is 19.5 Å². The summed E-state index contributed by atoms with van der Waals surface area (Å²) in [4.78, 5) is 40.5. The van der Waals surface area contributed by atoms with Crippen molar-refractivity contribution in [1.29, 1.82) is 0 Å². The number of piperidine rings is 1. The maximum atomic E-state index is 13.0. The number of carbonyl (C=O) groups is 3. The summed E-state index contributed by atoms with van der Waals surface area (Å²) in [6.45, 7) is 5.15. The lowest BCUT2D eigenvalue weighted by Crippen LogP contribution is -2.35. The lowest BCUT2D eigenvalue weighted by molar-refractivity contribution is 0.101. The van der Waals surface area contributed by atoms with E-state index in [1.807, 2.05) is 6.07 Å². The van der Waals surface area contributed by atoms with Crippen LogP contribution in [0.4, 0.5) is 17.1 Å². The number of nitrogens with zero attached hydrogens (tertiary/aromatic N) is 2. The van der Waals surface area contributed by atoms with E-state index >= 15 is 0 Å². The molecule has 1 fully saturated rings. The van der Waals surface area contributed by atoms with Crippen LogP contribution >= 0.6 is 11.6 Å². The van der Waals surface area contributed by atoms with E-state index in [2.05, 4.69) is 22.1 Å². The van der Waals surface area contributed by atoms with Crippen LogP contribution in [-0.2, 0) is 0 Å². The van der Waals surface area contributed by atoms with E-state index in [1.165, 1.54) is 0 Å². The number of anilines is 3. The molecule has 2 amide bonds. The average Bonchev–Trinajstić information content (AvgIpc) is 3.47. The largest absolute Gasteiger partial charge is 0.393 e. The Morgan fingerprint density at radius 2 is 1.44 bits per heavy atom. The van der Waals surface area contributed by atoms with E-state index in [1.54, 1.807) is 89.8 Å². The van der Waals surface area contributed by atoms with Gasteiger partial charge in [-0.2, -0.15) is 0 Å². The summed E-state index contributed by atoms with van der Waals surface area (Å²) >= 11 is 6.44. The number of aromatic nitrogens is 1. The minimum atomic E-state index is -0.354. The number of halogens is 1. The molecular formula is C32H29ClN4O4. The second-order valence-corrected chi connectivity index (χ2v) is 10.2. The van der Waals surface area contributed by atoms with Crippen LogP contribution in [-0.4, -0.2) is 46.5 Å². The molecule has 1 aromatic heterocycles. The van der Waals surface area contributed by atoms with Crippen molar-refractivity contribution in [2.45, 2.75) is 18.9 Å². The van der Waals surface area contributed by atoms with Gasteiger partial charge in [0.2, 0.25) is 0 Å². The Morgan fingerprint density at radius 1 is 0.854 bits per heavy atom. The van der Waals surface area contributed by atoms with Gasteiger partial charge in [0.15, 0.2) is 5.78 Å². The number of hydrogen-bond donors (Lipinski definition) is 3. The molecule has 0 saturated carbocycles. The third kappa shape index (κ3) is 6.40. The van der Waals surface area contributed by atoms with Gasteiger partial charge < -0.3 is 25.2 Å². The molecule has 0 bridgehead atoms. The molecular weight excluding hydrogens is 540 g/mol. The third-order valence-corrected chi connectivity index (χ3v) is 7.36. The standard InChI is InChI=1S/C32H29ClN4O4/c1-2-36-17-3-4-29(36)32(41)35-24-11-7-22(8-12-24)30(39)21-5-9-23(10-6-21)34-31(40)27-14-13-25(20-28(27)33)37-18-15-26(38)16-19-37/h2-14,17,20,26,38H,1,15-16,18-19H2,(H,34,40)(H,35,41). The van der Waals surface area contributed by atoms with Crippen molar-refractivity contribution >= 4 is 52.5 Å². The van der Waals surface area contributed by atoms with Crippen molar-refractivity contribution in [2.24, 2.45) is 0 Å². The monoisotopic (exact) mass is 568 g/mol. The summed E-state index contributed by atoms with van der Waals surface area (Å²) in [5.74, 6) is -0.829. The predicted octanol–water partition coefficient (Wildman–Crippen LogP) is 5.94. The second kappa shape index (κ2) is 12.2. The first-order valence-electron chi connectivity index (χ1n) is 13.2. The number of hydrogen-bond acceptors (Lipinski definition) is 5. The van der Waals surface area contributed by atoms with Gasteiger partial charge in [0.25, 0.3) is 11.8 Å². The highest BCUT2D eigenvalue weighted by Crippen LogP contribution is 2.27. The van der Waals surface area contributed by atoms with Crippen molar-refractivity contribution in [1.82, 2.24) is 4.57 Å². The van der Waals surface area contributed by atoms with Crippen LogP contribution in [0.3, 0.4) is 0 Å². The molecule has 5 rings (SSSR count). The lowest BCUT2D eigenvalue weighted by atomic mass is 10.0. The van der Waals surface area contributed by atoms with Crippen LogP contribution in [0, 0.1) is 0 Å². The molecule has 0 atom stereocenters. The number of rotatable bonds is 8. The Labute approximate surface area is 242 Å². The van der Waals surface area contributed by atoms with Gasteiger partial charge in [-0.3, -0.25) is 14.4 Å². The maximum absolute atomic E-state index is 13.0. The number of nitrogens with one attached hydrogen (secondary N) is 2. The number of aliphatic hydroxyl groups excluding tert-OH is 1. The van der Waals surface area contributed by atoms with E-state index in [0.717, 1.165) is 18.8 Å². The second-order valence-electron chi connectivity index (χ2n) is 9.76. The Balaban J connectivity index is 1.19. The van der Waals surface area contributed by atoms with Crippen LogP contribution in [0.15, 0.2) is 91.6 Å². The highest BCUT2D eigenvalue weighted by atomic mass is 35.5. The Morgan fingerprint density at radius 3 is 2.00 bits per heavy atom. The fraction of sp³-hybridized carbons (Fsp3) is 0.156. The Bertz CT molecular complexity index is 1590. The predicted molar refractivity (Wildman–Crippen MR) is 162 cm³/mol. The van der Waals surface area contributed by atoms with Gasteiger partial charge in [0, 0.05) is 53.7 Å². The number of benzene rings is 3. The maximum Gasteiger partial charge on any atom is 0.272 e. The van der Waals surface area contributed by atoms with Crippen LogP contribution in [0.5, 0.6) is 0 Å². The Hall–Kier alpha value is -4.66. The van der Waals surface area contributed by atoms with Gasteiger partial charge >= 0.3 is 0 Å². The summed E-state index contributed by atoms with van der Waals surface area (Å²) in [6.07, 6.45) is 4.41. The quantitative estimate of drug-likeness (QED) is 0.228. The fourth-order valence-electron chi connectivity index (χ4n) is 4.72. The third-order valence-electron chi connectivity index (χ3n) is 7.05. The molecule has 1 saturated heterocycles. The van der Waals surface area contributed by atoms with Crippen molar-refractivity contribution in [3.63, 3.8) is 0 Å². The van der Waals surface area contributed by atoms with E-state index < -0.39 is 0 Å². The lowest BCUT2D eigenvalue weighted by Gasteiger charge is -2.31. The fourth-order valence-corrected chi connectivity index (χ4v) is 4.99. The molecule has 8 nitrogen and oxygen atoms in total. The van der Waals surface area contributed by atoms with E-state index in [-0.39, 0.29) is 23.7 Å². The average molecular weight is 569 g/mol. The van der Waals surface area contributed by atoms with Gasteiger partial charge in [-0.25, -0.2) is 0 Å². The molecule has 1 aliphatic heterocycles. The van der Waals surface area contributed by atoms with Crippen LogP contribution in [0.25, 0.3) is 6.20 Å². The molecule has 208 valence electrons. The zero-order valence-electron chi connectivity index (χ0n) is 22.2. The zero-order valence-corrected chi connectivity index (χ0v) is 23.0. The van der Waals surface area contributed by atoms with Gasteiger partial charge in [-0.05, 0) is 91.7 Å². The molecule has 41 heavy (non-hydrogen) atoms. The first-order chi connectivity index (χ1) is 19.8. The van der Waals surface area contributed by atoms with Gasteiger partial charge in [0.05, 0.1) is 16.7 Å². The molecule has 1 aliphatic rings. The molecule has 0 radical (unpaired) electrons. The molecule has 0 aliphatic carbocycles. The summed E-state index contributed by atoms with van der Waals surface area (Å²) in [7, 11) is 0. The summed E-state index contributed by atoms with van der Waals surface area (Å²) in [5, 5.41) is 15.7. The van der Waals surface area contributed by atoms with Gasteiger partial charge in [-0.15, -0.1) is 0 Å². The molecule has 9 heteroatoms. The number of carbonyl (C=O) groups excluding carboxylic acids is 3. The number of amides is 2. The normalized spacial score (nSPS) is 13.5. The zero-order chi connectivity index (χ0) is 28.9. The smallest absolute Gasteiger partial charge is 0.272 e. The first-order valence-corrected chi connectivity index (χ1v) is 13.6. The molecule has 0 unspecified atom stereocenters. The van der Waals surface area contributed by atoms with Crippen molar-refractivity contribution < 1.29 is 19.5 Å². The molecule has 0 spiro atoms. The summed E-state index contributed by atoms with van der Waals surface area (Å²) < 4.78 is 1.62. The van der Waals surface area contributed by atoms with Crippen LogP contribution < -0.4 is 15.5 Å². The van der Waals surface area contributed by atoms with E-state index in [4.69, 9.17) is 11.6 Å². The highest BCUT2D eigenvalue weighted by molar-refractivity contribution is 6.34.